The van der Waals surface area contributed by atoms with Crippen molar-refractivity contribution in [1.29, 1.82) is 0 Å². The minimum atomic E-state index is -3.22. The van der Waals surface area contributed by atoms with Crippen LogP contribution in [0.1, 0.15) is 49.4 Å². The molecular weight excluding hydrogens is 291 g/mol. The van der Waals surface area contributed by atoms with Gasteiger partial charge in [-0.1, -0.05) is 19.8 Å². The van der Waals surface area contributed by atoms with Crippen LogP contribution in [0.2, 0.25) is 0 Å². The molecule has 0 N–H and O–H groups in total. The Labute approximate surface area is 125 Å². The minimum Gasteiger partial charge on any atom is -0.294 e. The van der Waals surface area contributed by atoms with E-state index in [0.29, 0.717) is 24.3 Å². The number of sulfone groups is 1. The SMILES string of the molecule is CC1CCCC(S(=O)(=O)CCC(=O)c2ccc(F)cc2)C1. The van der Waals surface area contributed by atoms with Crippen LogP contribution < -0.4 is 0 Å². The predicted molar refractivity (Wildman–Crippen MR) is 80.6 cm³/mol. The highest BCUT2D eigenvalue weighted by atomic mass is 32.2. The Morgan fingerprint density at radius 3 is 2.52 bits per heavy atom. The van der Waals surface area contributed by atoms with Gasteiger partial charge >= 0.3 is 0 Å². The number of ketones is 1. The third-order valence-electron chi connectivity index (χ3n) is 4.18. The Balaban J connectivity index is 1.95. The summed E-state index contributed by atoms with van der Waals surface area (Å²) in [6.45, 7) is 2.07. The summed E-state index contributed by atoms with van der Waals surface area (Å²) in [5, 5.41) is -0.303. The second kappa shape index (κ2) is 6.69. The molecule has 1 saturated carbocycles. The lowest BCUT2D eigenvalue weighted by Gasteiger charge is -2.26. The molecule has 0 aliphatic heterocycles. The van der Waals surface area contributed by atoms with E-state index in [1.54, 1.807) is 0 Å². The highest BCUT2D eigenvalue weighted by molar-refractivity contribution is 7.92. The topological polar surface area (TPSA) is 51.2 Å². The maximum absolute atomic E-state index is 12.8. The summed E-state index contributed by atoms with van der Waals surface area (Å²) in [4.78, 5) is 12.0. The molecule has 116 valence electrons. The number of halogens is 1. The van der Waals surface area contributed by atoms with Crippen molar-refractivity contribution in [1.82, 2.24) is 0 Å². The van der Waals surface area contributed by atoms with Crippen molar-refractivity contribution in [2.24, 2.45) is 5.92 Å². The number of hydrogen-bond donors (Lipinski definition) is 0. The Morgan fingerprint density at radius 2 is 1.90 bits per heavy atom. The normalized spacial score (nSPS) is 23.0. The van der Waals surface area contributed by atoms with Gasteiger partial charge in [-0.3, -0.25) is 4.79 Å². The molecule has 5 heteroatoms. The van der Waals surface area contributed by atoms with Crippen molar-refractivity contribution in [2.45, 2.75) is 44.3 Å². The van der Waals surface area contributed by atoms with Crippen LogP contribution in [0.15, 0.2) is 24.3 Å². The minimum absolute atomic E-state index is 0.0289. The Kier molecular flexibility index (Phi) is 5.14. The molecule has 0 amide bonds. The first kappa shape index (κ1) is 16.1. The van der Waals surface area contributed by atoms with E-state index in [2.05, 4.69) is 6.92 Å². The summed E-state index contributed by atoms with van der Waals surface area (Å²) in [5.74, 6) is -0.329. The molecule has 2 unspecified atom stereocenters. The predicted octanol–water partition coefficient (Wildman–Crippen LogP) is 3.39. The number of carbonyl (C=O) groups excluding carboxylic acids is 1. The molecule has 2 rings (SSSR count). The highest BCUT2D eigenvalue weighted by Crippen LogP contribution is 2.29. The van der Waals surface area contributed by atoms with Crippen molar-refractivity contribution in [2.75, 3.05) is 5.75 Å². The van der Waals surface area contributed by atoms with Crippen LogP contribution in [0.5, 0.6) is 0 Å². The fraction of sp³-hybridized carbons (Fsp3) is 0.562. The number of hydrogen-bond acceptors (Lipinski definition) is 3. The van der Waals surface area contributed by atoms with Crippen molar-refractivity contribution < 1.29 is 17.6 Å². The average molecular weight is 312 g/mol. The molecule has 2 atom stereocenters. The fourth-order valence-corrected chi connectivity index (χ4v) is 4.84. The molecule has 0 radical (unpaired) electrons. The van der Waals surface area contributed by atoms with E-state index >= 15 is 0 Å². The molecule has 1 aromatic carbocycles. The second-order valence-electron chi connectivity index (χ2n) is 5.94. The smallest absolute Gasteiger partial charge is 0.163 e. The van der Waals surface area contributed by atoms with Crippen LogP contribution >= 0.6 is 0 Å². The standard InChI is InChI=1S/C16H21FO3S/c1-12-3-2-4-15(11-12)21(19,20)10-9-16(18)13-5-7-14(17)8-6-13/h5-8,12,15H,2-4,9-11H2,1H3. The van der Waals surface area contributed by atoms with Crippen LogP contribution in [-0.4, -0.2) is 25.2 Å². The summed E-state index contributed by atoms with van der Waals surface area (Å²) in [7, 11) is -3.22. The fourth-order valence-electron chi connectivity index (χ4n) is 2.89. The third kappa shape index (κ3) is 4.37. The first-order valence-corrected chi connectivity index (χ1v) is 9.10. The molecule has 1 aliphatic carbocycles. The zero-order chi connectivity index (χ0) is 15.5. The molecular formula is C16H21FO3S. The van der Waals surface area contributed by atoms with Gasteiger partial charge in [0.25, 0.3) is 0 Å². The summed E-state index contributed by atoms with van der Waals surface area (Å²) in [6, 6.07) is 5.22. The van der Waals surface area contributed by atoms with Gasteiger partial charge in [-0.15, -0.1) is 0 Å². The molecule has 1 fully saturated rings. The highest BCUT2D eigenvalue weighted by Gasteiger charge is 2.30. The van der Waals surface area contributed by atoms with Crippen LogP contribution in [0.3, 0.4) is 0 Å². The van der Waals surface area contributed by atoms with Crippen molar-refractivity contribution in [3.05, 3.63) is 35.6 Å². The van der Waals surface area contributed by atoms with Crippen LogP contribution in [0.25, 0.3) is 0 Å². The van der Waals surface area contributed by atoms with Gasteiger partial charge in [-0.05, 0) is 43.0 Å². The monoisotopic (exact) mass is 312 g/mol. The van der Waals surface area contributed by atoms with E-state index < -0.39 is 15.7 Å². The van der Waals surface area contributed by atoms with E-state index in [4.69, 9.17) is 0 Å². The van der Waals surface area contributed by atoms with E-state index in [1.165, 1.54) is 24.3 Å². The summed E-state index contributed by atoms with van der Waals surface area (Å²) >= 11 is 0. The first-order chi connectivity index (χ1) is 9.88. The Hall–Kier alpha value is -1.23. The molecule has 0 bridgehead atoms. The molecule has 0 spiro atoms. The summed E-state index contributed by atoms with van der Waals surface area (Å²) in [6.07, 6.45) is 3.40. The quantitative estimate of drug-likeness (QED) is 0.783. The van der Waals surface area contributed by atoms with Gasteiger partial charge in [-0.2, -0.15) is 0 Å². The molecule has 1 aromatic rings. The van der Waals surface area contributed by atoms with Crippen LogP contribution in [-0.2, 0) is 9.84 Å². The molecule has 1 aliphatic rings. The third-order valence-corrected chi connectivity index (χ3v) is 6.39. The van der Waals surface area contributed by atoms with Gasteiger partial charge in [0.1, 0.15) is 5.82 Å². The number of benzene rings is 1. The molecule has 3 nitrogen and oxygen atoms in total. The summed E-state index contributed by atoms with van der Waals surface area (Å²) < 4.78 is 37.4. The van der Waals surface area contributed by atoms with Crippen LogP contribution in [0, 0.1) is 11.7 Å². The first-order valence-electron chi connectivity index (χ1n) is 7.39. The van der Waals surface area contributed by atoms with Gasteiger partial charge in [0, 0.05) is 12.0 Å². The Morgan fingerprint density at radius 1 is 1.24 bits per heavy atom. The lowest BCUT2D eigenvalue weighted by Crippen LogP contribution is -2.30. The van der Waals surface area contributed by atoms with Gasteiger partial charge in [0.05, 0.1) is 11.0 Å². The lowest BCUT2D eigenvalue weighted by atomic mass is 9.91. The molecule has 0 heterocycles. The molecule has 0 saturated heterocycles. The maximum Gasteiger partial charge on any atom is 0.163 e. The lowest BCUT2D eigenvalue weighted by molar-refractivity contribution is 0.0988. The number of Topliss-reactive ketones (excluding diaryl/α,β-unsaturated/α-hetero) is 1. The van der Waals surface area contributed by atoms with E-state index in [-0.39, 0.29) is 23.2 Å². The van der Waals surface area contributed by atoms with Crippen molar-refractivity contribution in [3.63, 3.8) is 0 Å². The van der Waals surface area contributed by atoms with E-state index in [1.807, 2.05) is 0 Å². The van der Waals surface area contributed by atoms with E-state index in [9.17, 15) is 17.6 Å². The number of rotatable bonds is 5. The van der Waals surface area contributed by atoms with Gasteiger partial charge in [0.2, 0.25) is 0 Å². The number of carbonyl (C=O) groups is 1. The van der Waals surface area contributed by atoms with E-state index in [0.717, 1.165) is 12.8 Å². The average Bonchev–Trinajstić information content (AvgIpc) is 2.45. The largest absolute Gasteiger partial charge is 0.294 e. The van der Waals surface area contributed by atoms with Gasteiger partial charge < -0.3 is 0 Å². The van der Waals surface area contributed by atoms with Gasteiger partial charge in [-0.25, -0.2) is 12.8 Å². The molecule has 0 aromatic heterocycles. The zero-order valence-corrected chi connectivity index (χ0v) is 13.0. The summed E-state index contributed by atoms with van der Waals surface area (Å²) in [5.41, 5.74) is 0.364. The van der Waals surface area contributed by atoms with Gasteiger partial charge in [0.15, 0.2) is 15.6 Å². The van der Waals surface area contributed by atoms with Crippen molar-refractivity contribution >= 4 is 15.6 Å². The second-order valence-corrected chi connectivity index (χ2v) is 8.34. The van der Waals surface area contributed by atoms with Crippen molar-refractivity contribution in [3.8, 4) is 0 Å². The Bertz CT molecular complexity index is 592. The van der Waals surface area contributed by atoms with Crippen LogP contribution in [0.4, 0.5) is 4.39 Å². The molecule has 21 heavy (non-hydrogen) atoms. The zero-order valence-electron chi connectivity index (χ0n) is 12.2. The maximum atomic E-state index is 12.8.